The zero-order valence-corrected chi connectivity index (χ0v) is 11.3. The number of amides is 1. The van der Waals surface area contributed by atoms with Crippen LogP contribution in [-0.2, 0) is 4.79 Å². The maximum atomic E-state index is 11.5. The SMILES string of the molecule is N#Cc1ccccc1OCC(=O)N/N=C\c1ccsc1. The predicted molar refractivity (Wildman–Crippen MR) is 76.7 cm³/mol. The van der Waals surface area contributed by atoms with E-state index in [0.29, 0.717) is 11.3 Å². The summed E-state index contributed by atoms with van der Waals surface area (Å²) in [5, 5.41) is 16.5. The Kier molecular flexibility index (Phi) is 4.87. The van der Waals surface area contributed by atoms with Gasteiger partial charge in [-0.3, -0.25) is 4.79 Å². The van der Waals surface area contributed by atoms with Gasteiger partial charge in [-0.15, -0.1) is 0 Å². The van der Waals surface area contributed by atoms with Gasteiger partial charge >= 0.3 is 0 Å². The quantitative estimate of drug-likeness (QED) is 0.675. The first-order valence-electron chi connectivity index (χ1n) is 5.75. The van der Waals surface area contributed by atoms with Crippen LogP contribution in [0.5, 0.6) is 5.75 Å². The molecule has 1 aromatic heterocycles. The van der Waals surface area contributed by atoms with Crippen molar-refractivity contribution in [2.75, 3.05) is 6.61 Å². The third-order valence-electron chi connectivity index (χ3n) is 2.31. The number of nitriles is 1. The van der Waals surface area contributed by atoms with Crippen LogP contribution in [0.2, 0.25) is 0 Å². The van der Waals surface area contributed by atoms with E-state index >= 15 is 0 Å². The number of rotatable bonds is 5. The van der Waals surface area contributed by atoms with E-state index in [2.05, 4.69) is 10.5 Å². The molecule has 1 heterocycles. The van der Waals surface area contributed by atoms with Gasteiger partial charge in [-0.2, -0.15) is 21.7 Å². The van der Waals surface area contributed by atoms with Crippen LogP contribution >= 0.6 is 11.3 Å². The molecule has 0 bridgehead atoms. The number of carbonyl (C=O) groups is 1. The van der Waals surface area contributed by atoms with Crippen LogP contribution < -0.4 is 10.2 Å². The molecule has 0 radical (unpaired) electrons. The van der Waals surface area contributed by atoms with E-state index in [1.165, 1.54) is 0 Å². The van der Waals surface area contributed by atoms with Crippen molar-refractivity contribution in [1.82, 2.24) is 5.43 Å². The molecule has 0 unspecified atom stereocenters. The molecule has 0 aliphatic rings. The van der Waals surface area contributed by atoms with Crippen LogP contribution in [0.1, 0.15) is 11.1 Å². The average molecular weight is 285 g/mol. The van der Waals surface area contributed by atoms with Gasteiger partial charge in [0, 0.05) is 5.56 Å². The first-order valence-corrected chi connectivity index (χ1v) is 6.70. The van der Waals surface area contributed by atoms with Gasteiger partial charge in [-0.05, 0) is 29.0 Å². The van der Waals surface area contributed by atoms with Gasteiger partial charge in [0.25, 0.3) is 5.91 Å². The normalized spacial score (nSPS) is 10.2. The van der Waals surface area contributed by atoms with Gasteiger partial charge in [-0.25, -0.2) is 5.43 Å². The number of thiophene rings is 1. The summed E-state index contributed by atoms with van der Waals surface area (Å²) < 4.78 is 5.27. The number of para-hydroxylation sites is 1. The summed E-state index contributed by atoms with van der Waals surface area (Å²) in [5.74, 6) is -0.00353. The van der Waals surface area contributed by atoms with Crippen LogP contribution in [0.15, 0.2) is 46.2 Å². The van der Waals surface area contributed by atoms with E-state index in [9.17, 15) is 4.79 Å². The maximum Gasteiger partial charge on any atom is 0.277 e. The standard InChI is InChI=1S/C14H11N3O2S/c15-7-12-3-1-2-4-13(12)19-9-14(18)17-16-8-11-5-6-20-10-11/h1-6,8,10H,9H2,(H,17,18)/b16-8-. The zero-order chi connectivity index (χ0) is 14.2. The average Bonchev–Trinajstić information content (AvgIpc) is 2.98. The molecule has 0 spiro atoms. The molecule has 2 aromatic rings. The lowest BCUT2D eigenvalue weighted by molar-refractivity contribution is -0.123. The van der Waals surface area contributed by atoms with Crippen LogP contribution in [0.4, 0.5) is 0 Å². The van der Waals surface area contributed by atoms with E-state index in [-0.39, 0.29) is 12.5 Å². The van der Waals surface area contributed by atoms with Gasteiger partial charge < -0.3 is 4.74 Å². The summed E-state index contributed by atoms with van der Waals surface area (Å²) in [4.78, 5) is 11.5. The van der Waals surface area contributed by atoms with E-state index in [4.69, 9.17) is 10.00 Å². The lowest BCUT2D eigenvalue weighted by Crippen LogP contribution is -2.24. The fourth-order valence-electron chi connectivity index (χ4n) is 1.39. The Morgan fingerprint density at radius 3 is 3.05 bits per heavy atom. The molecule has 0 saturated carbocycles. The zero-order valence-electron chi connectivity index (χ0n) is 10.4. The second-order valence-corrected chi connectivity index (χ2v) is 4.53. The first kappa shape index (κ1) is 13.8. The van der Waals surface area contributed by atoms with Gasteiger partial charge in [-0.1, -0.05) is 12.1 Å². The van der Waals surface area contributed by atoms with Crippen molar-refractivity contribution in [3.05, 3.63) is 52.2 Å². The highest BCUT2D eigenvalue weighted by Gasteiger charge is 2.05. The number of hydrazone groups is 1. The highest BCUT2D eigenvalue weighted by Crippen LogP contribution is 2.16. The lowest BCUT2D eigenvalue weighted by Gasteiger charge is -2.05. The molecule has 0 aliphatic carbocycles. The summed E-state index contributed by atoms with van der Waals surface area (Å²) in [7, 11) is 0. The topological polar surface area (TPSA) is 74.5 Å². The number of hydrogen-bond acceptors (Lipinski definition) is 5. The molecule has 1 aromatic carbocycles. The lowest BCUT2D eigenvalue weighted by atomic mass is 10.2. The number of carbonyl (C=O) groups excluding carboxylic acids is 1. The van der Waals surface area contributed by atoms with E-state index in [0.717, 1.165) is 5.56 Å². The van der Waals surface area contributed by atoms with Crippen molar-refractivity contribution in [3.63, 3.8) is 0 Å². The summed E-state index contributed by atoms with van der Waals surface area (Å²) in [6.45, 7) is -0.195. The predicted octanol–water partition coefficient (Wildman–Crippen LogP) is 2.15. The summed E-state index contributed by atoms with van der Waals surface area (Å²) >= 11 is 1.55. The number of nitrogens with zero attached hydrogens (tertiary/aromatic N) is 2. The molecule has 100 valence electrons. The minimum absolute atomic E-state index is 0.195. The molecule has 0 aliphatic heterocycles. The maximum absolute atomic E-state index is 11.5. The van der Waals surface area contributed by atoms with Crippen molar-refractivity contribution in [2.45, 2.75) is 0 Å². The monoisotopic (exact) mass is 285 g/mol. The molecule has 2 rings (SSSR count). The summed E-state index contributed by atoms with van der Waals surface area (Å²) in [6, 6.07) is 10.6. The molecule has 0 saturated heterocycles. The number of hydrogen-bond donors (Lipinski definition) is 1. The number of benzene rings is 1. The third kappa shape index (κ3) is 3.93. The Morgan fingerprint density at radius 2 is 2.30 bits per heavy atom. The molecule has 5 nitrogen and oxygen atoms in total. The van der Waals surface area contributed by atoms with E-state index < -0.39 is 0 Å². The number of ether oxygens (including phenoxy) is 1. The van der Waals surface area contributed by atoms with Crippen LogP contribution in [-0.4, -0.2) is 18.7 Å². The molecular weight excluding hydrogens is 274 g/mol. The Labute approximate surface area is 120 Å². The molecule has 20 heavy (non-hydrogen) atoms. The second kappa shape index (κ2) is 7.07. The molecule has 1 N–H and O–H groups in total. The first-order chi connectivity index (χ1) is 9.79. The van der Waals surface area contributed by atoms with Gasteiger partial charge in [0.05, 0.1) is 11.8 Å². The van der Waals surface area contributed by atoms with E-state index in [1.54, 1.807) is 41.8 Å². The summed E-state index contributed by atoms with van der Waals surface area (Å²) in [5.41, 5.74) is 3.67. The highest BCUT2D eigenvalue weighted by atomic mass is 32.1. The molecule has 6 heteroatoms. The van der Waals surface area contributed by atoms with Crippen molar-refractivity contribution < 1.29 is 9.53 Å². The fraction of sp³-hybridized carbons (Fsp3) is 0.0714. The minimum Gasteiger partial charge on any atom is -0.482 e. The number of nitrogens with one attached hydrogen (secondary N) is 1. The van der Waals surface area contributed by atoms with E-state index in [1.807, 2.05) is 22.9 Å². The van der Waals surface area contributed by atoms with Crippen molar-refractivity contribution in [1.29, 1.82) is 5.26 Å². The van der Waals surface area contributed by atoms with Crippen molar-refractivity contribution >= 4 is 23.5 Å². The smallest absolute Gasteiger partial charge is 0.277 e. The fourth-order valence-corrected chi connectivity index (χ4v) is 2.00. The Bertz CT molecular complexity index is 645. The summed E-state index contributed by atoms with van der Waals surface area (Å²) in [6.07, 6.45) is 1.55. The Hall–Kier alpha value is -2.65. The van der Waals surface area contributed by atoms with Gasteiger partial charge in [0.2, 0.25) is 0 Å². The Morgan fingerprint density at radius 1 is 1.45 bits per heavy atom. The largest absolute Gasteiger partial charge is 0.482 e. The highest BCUT2D eigenvalue weighted by molar-refractivity contribution is 7.08. The minimum atomic E-state index is -0.385. The molecule has 0 atom stereocenters. The van der Waals surface area contributed by atoms with Gasteiger partial charge in [0.15, 0.2) is 6.61 Å². The molecular formula is C14H11N3O2S. The third-order valence-corrected chi connectivity index (χ3v) is 3.01. The van der Waals surface area contributed by atoms with Gasteiger partial charge in [0.1, 0.15) is 11.8 Å². The molecule has 1 amide bonds. The van der Waals surface area contributed by atoms with Crippen molar-refractivity contribution in [3.8, 4) is 11.8 Å². The van der Waals surface area contributed by atoms with Crippen LogP contribution in [0, 0.1) is 11.3 Å². The molecule has 0 fully saturated rings. The Balaban J connectivity index is 1.82. The second-order valence-electron chi connectivity index (χ2n) is 3.75. The van der Waals surface area contributed by atoms with Crippen LogP contribution in [0.25, 0.3) is 0 Å². The van der Waals surface area contributed by atoms with Crippen molar-refractivity contribution in [2.24, 2.45) is 5.10 Å². The van der Waals surface area contributed by atoms with Crippen LogP contribution in [0.3, 0.4) is 0 Å².